The van der Waals surface area contributed by atoms with Gasteiger partial charge in [0.1, 0.15) is 5.82 Å². The summed E-state index contributed by atoms with van der Waals surface area (Å²) in [4.78, 5) is 53.9. The number of benzene rings is 1. The number of aliphatic carboxylic acids is 1. The summed E-state index contributed by atoms with van der Waals surface area (Å²) in [7, 11) is 0. The van der Waals surface area contributed by atoms with E-state index in [2.05, 4.69) is 53.1 Å². The van der Waals surface area contributed by atoms with Gasteiger partial charge in [0.2, 0.25) is 0 Å². The number of carboxylic acid groups (broad SMARTS) is 1. The van der Waals surface area contributed by atoms with Crippen molar-refractivity contribution in [3.8, 4) is 11.3 Å². The summed E-state index contributed by atoms with van der Waals surface area (Å²) in [6.45, 7) is 27.3. The monoisotopic (exact) mass is 864 g/mol. The highest BCUT2D eigenvalue weighted by molar-refractivity contribution is 5.91. The molecule has 2 aromatic rings. The van der Waals surface area contributed by atoms with E-state index in [9.17, 15) is 14.7 Å². The third-order valence-electron chi connectivity index (χ3n) is 20.6. The van der Waals surface area contributed by atoms with Gasteiger partial charge in [-0.15, -0.1) is 0 Å². The van der Waals surface area contributed by atoms with Crippen molar-refractivity contribution in [2.45, 2.75) is 170 Å². The fraction of sp³-hybridized carbons (Fsp3) is 0.741. The maximum absolute atomic E-state index is 16.2. The molecule has 9 rings (SSSR count). The van der Waals surface area contributed by atoms with Crippen LogP contribution in [0.15, 0.2) is 48.7 Å². The van der Waals surface area contributed by atoms with Gasteiger partial charge in [-0.05, 0) is 149 Å². The summed E-state index contributed by atoms with van der Waals surface area (Å²) in [6.07, 6.45) is 13.5. The zero-order valence-electron chi connectivity index (χ0n) is 40.1. The number of imidazole rings is 1. The van der Waals surface area contributed by atoms with Crippen molar-refractivity contribution in [2.24, 2.45) is 74.4 Å². The number of amides is 1. The van der Waals surface area contributed by atoms with E-state index in [4.69, 9.17) is 14.5 Å². The lowest BCUT2D eigenvalue weighted by atomic mass is 9.32. The van der Waals surface area contributed by atoms with Crippen LogP contribution in [0.3, 0.4) is 0 Å². The third-order valence-corrected chi connectivity index (χ3v) is 20.6. The quantitative estimate of drug-likeness (QED) is 0.190. The molecule has 1 saturated heterocycles. The molecular formula is C54H77N3O6. The van der Waals surface area contributed by atoms with Gasteiger partial charge < -0.3 is 24.5 Å². The number of hydrogen-bond acceptors (Lipinski definition) is 6. The lowest BCUT2D eigenvalue weighted by Gasteiger charge is -2.73. The van der Waals surface area contributed by atoms with Gasteiger partial charge in [-0.25, -0.2) is 4.98 Å². The Labute approximate surface area is 377 Å². The van der Waals surface area contributed by atoms with Gasteiger partial charge in [-0.2, -0.15) is 0 Å². The molecule has 63 heavy (non-hydrogen) atoms. The lowest BCUT2D eigenvalue weighted by Crippen LogP contribution is -2.71. The molecule has 6 saturated carbocycles. The van der Waals surface area contributed by atoms with Crippen molar-refractivity contribution in [1.29, 1.82) is 0 Å². The number of carbonyl (C=O) groups excluding carboxylic acids is 2. The van der Waals surface area contributed by atoms with Crippen LogP contribution in [0.1, 0.15) is 158 Å². The number of nitrogens with zero attached hydrogens (tertiary/aromatic N) is 2. The Kier molecular flexibility index (Phi) is 10.9. The fourth-order valence-corrected chi connectivity index (χ4v) is 17.0. The smallest absolute Gasteiger partial charge is 0.310 e. The van der Waals surface area contributed by atoms with E-state index < -0.39 is 46.2 Å². The molecule has 6 aliphatic carbocycles. The summed E-state index contributed by atoms with van der Waals surface area (Å²) >= 11 is 0. The molecule has 1 unspecified atom stereocenters. The Bertz CT molecular complexity index is 2130. The molecule has 2 heterocycles. The minimum atomic E-state index is -1.47. The second kappa shape index (κ2) is 15.3. The number of aromatic amines is 1. The highest BCUT2D eigenvalue weighted by Gasteiger charge is 2.74. The molecule has 344 valence electrons. The number of ether oxygens (including phenoxy) is 2. The maximum atomic E-state index is 16.2. The van der Waals surface area contributed by atoms with Crippen LogP contribution in [0, 0.1) is 74.4 Å². The number of hydrogen-bond donors (Lipinski definition) is 2. The highest BCUT2D eigenvalue weighted by atomic mass is 16.6. The average Bonchev–Trinajstić information content (AvgIpc) is 3.98. The van der Waals surface area contributed by atoms with Crippen molar-refractivity contribution in [3.05, 3.63) is 54.5 Å². The molecule has 9 nitrogen and oxygen atoms in total. The Morgan fingerprint density at radius 3 is 2.24 bits per heavy atom. The van der Waals surface area contributed by atoms with Crippen LogP contribution in [0.4, 0.5) is 0 Å². The Balaban J connectivity index is 1.09. The van der Waals surface area contributed by atoms with Gasteiger partial charge in [-0.1, -0.05) is 91.0 Å². The minimum absolute atomic E-state index is 0.0345. The molecule has 0 radical (unpaired) electrons. The number of carbonyl (C=O) groups is 3. The Hall–Kier alpha value is -3.46. The number of likely N-dealkylation sites (tertiary alicyclic amines) is 1. The first-order valence-electron chi connectivity index (χ1n) is 24.8. The molecule has 2 N–H and O–H groups in total. The van der Waals surface area contributed by atoms with E-state index in [1.54, 1.807) is 0 Å². The number of carboxylic acids is 1. The predicted molar refractivity (Wildman–Crippen MR) is 245 cm³/mol. The topological polar surface area (TPSA) is 122 Å². The molecule has 0 spiro atoms. The number of rotatable bonds is 9. The molecule has 1 aromatic carbocycles. The largest absolute Gasteiger partial charge is 0.481 e. The molecule has 1 aromatic heterocycles. The van der Waals surface area contributed by atoms with Gasteiger partial charge in [0, 0.05) is 30.1 Å². The van der Waals surface area contributed by atoms with Gasteiger partial charge in [0.25, 0.3) is 5.91 Å². The van der Waals surface area contributed by atoms with Crippen LogP contribution < -0.4 is 0 Å². The van der Waals surface area contributed by atoms with Crippen LogP contribution in [-0.4, -0.2) is 62.2 Å². The number of aromatic nitrogens is 2. The molecular weight excluding hydrogens is 787 g/mol. The number of allylic oxidation sites excluding steroid dienone is 1. The van der Waals surface area contributed by atoms with Crippen LogP contribution in [0.25, 0.3) is 11.3 Å². The van der Waals surface area contributed by atoms with Crippen LogP contribution >= 0.6 is 0 Å². The van der Waals surface area contributed by atoms with Crippen molar-refractivity contribution in [1.82, 2.24) is 14.9 Å². The summed E-state index contributed by atoms with van der Waals surface area (Å²) in [5, 5.41) is 10.1. The van der Waals surface area contributed by atoms with Gasteiger partial charge in [0.15, 0.2) is 5.60 Å². The van der Waals surface area contributed by atoms with E-state index in [-0.39, 0.29) is 46.7 Å². The van der Waals surface area contributed by atoms with Crippen molar-refractivity contribution in [3.63, 3.8) is 0 Å². The lowest BCUT2D eigenvalue weighted by molar-refractivity contribution is -0.266. The molecule has 0 bridgehead atoms. The molecule has 9 heteroatoms. The predicted octanol–water partition coefficient (Wildman–Crippen LogP) is 11.5. The van der Waals surface area contributed by atoms with E-state index in [1.165, 1.54) is 44.1 Å². The first kappa shape index (κ1) is 44.7. The van der Waals surface area contributed by atoms with E-state index in [0.29, 0.717) is 43.0 Å². The molecule has 7 aliphatic rings. The second-order valence-electron chi connectivity index (χ2n) is 24.1. The third kappa shape index (κ3) is 6.51. The maximum Gasteiger partial charge on any atom is 0.310 e. The van der Waals surface area contributed by atoms with Crippen molar-refractivity contribution >= 4 is 17.8 Å². The molecule has 1 amide bonds. The summed E-state index contributed by atoms with van der Waals surface area (Å²) in [6, 6.07) is 9.66. The van der Waals surface area contributed by atoms with Gasteiger partial charge in [0.05, 0.1) is 35.8 Å². The molecule has 14 atom stereocenters. The van der Waals surface area contributed by atoms with Crippen LogP contribution in [0.5, 0.6) is 0 Å². The molecule has 1 aliphatic heterocycles. The Morgan fingerprint density at radius 1 is 0.857 bits per heavy atom. The first-order chi connectivity index (χ1) is 29.6. The van der Waals surface area contributed by atoms with E-state index in [0.717, 1.165) is 42.4 Å². The summed E-state index contributed by atoms with van der Waals surface area (Å²) in [5.74, 6) is 1.46. The summed E-state index contributed by atoms with van der Waals surface area (Å²) in [5.41, 5.74) is 0.512. The Morgan fingerprint density at radius 2 is 1.57 bits per heavy atom. The number of esters is 1. The number of nitrogens with one attached hydrogen (secondary N) is 1. The normalized spacial score (nSPS) is 42.3. The SMILES string of the molecule is C=C(C)C1CC[C@H]2CC[C@]3(C)[C@H](CC[C@@H]4[C@@]5(C)CC[C@@](OC(=O)[C@@H]6C[C@@H](C(=O)O)C6(C)C)(C(=O)N6C[C@H](OC(C)C)C[C@H]6c6nc(-c7ccccc7)c[nH]6)C(C)(C)[C@@H]5CC[C@]43C)[C@@H]12. The van der Waals surface area contributed by atoms with E-state index in [1.807, 2.05) is 69.1 Å². The minimum Gasteiger partial charge on any atom is -0.481 e. The van der Waals surface area contributed by atoms with Gasteiger partial charge >= 0.3 is 11.9 Å². The fourth-order valence-electron chi connectivity index (χ4n) is 17.0. The molecule has 7 fully saturated rings. The van der Waals surface area contributed by atoms with Crippen molar-refractivity contribution in [2.75, 3.05) is 6.54 Å². The zero-order chi connectivity index (χ0) is 45.2. The van der Waals surface area contributed by atoms with Crippen molar-refractivity contribution < 1.29 is 29.0 Å². The van der Waals surface area contributed by atoms with Crippen LogP contribution in [-0.2, 0) is 23.9 Å². The second-order valence-corrected chi connectivity index (χ2v) is 24.1. The first-order valence-corrected chi connectivity index (χ1v) is 24.8. The average molecular weight is 864 g/mol. The highest BCUT2D eigenvalue weighted by Crippen LogP contribution is 2.77. The number of fused-ring (bicyclic) bond motifs is 7. The van der Waals surface area contributed by atoms with Crippen LogP contribution in [0.2, 0.25) is 0 Å². The summed E-state index contributed by atoms with van der Waals surface area (Å²) < 4.78 is 13.5. The van der Waals surface area contributed by atoms with E-state index >= 15 is 4.79 Å². The zero-order valence-corrected chi connectivity index (χ0v) is 40.1. The standard InChI is InChI=1S/C54H77N3O6/c1-31(2)36-18-17-34-21-23-52(10)37(44(34)36)19-20-43-51(9)25-26-54(50(7,8)42(51)22-24-53(43,52)11,63-47(60)39-28-38(46(58)59)49(39,5)6)48(61)57-30-35(62-32(3)4)27-41(57)45-55-29-40(56-45)33-15-13-12-14-16-33/h12-16,29,32,34-39,41-44H,1,17-28,30H2,2-11H3,(H,55,56)(H,58,59)/t34-,35+,36?,37+,38-,39-,41-,42-,43+,44+,51-,52+,53+,54+/m0/s1. The number of H-pyrrole nitrogens is 1. The van der Waals surface area contributed by atoms with Gasteiger partial charge in [-0.3, -0.25) is 14.4 Å².